The molecule has 0 aliphatic carbocycles. The normalized spacial score (nSPS) is 15.2. The van der Waals surface area contributed by atoms with Crippen molar-refractivity contribution in [2.75, 3.05) is 23.4 Å². The van der Waals surface area contributed by atoms with Gasteiger partial charge >= 0.3 is 6.18 Å². The molecule has 3 heterocycles. The monoisotopic (exact) mass is 459 g/mol. The molecule has 4 rings (SSSR count). The quantitative estimate of drug-likeness (QED) is 0.355. The lowest BCUT2D eigenvalue weighted by Crippen LogP contribution is -2.42. The summed E-state index contributed by atoms with van der Waals surface area (Å²) in [6.45, 7) is 0.666. The fourth-order valence-corrected chi connectivity index (χ4v) is 3.36. The molecule has 3 aromatic rings. The highest BCUT2D eigenvalue weighted by Crippen LogP contribution is 2.28. The van der Waals surface area contributed by atoms with E-state index in [0.29, 0.717) is 42.6 Å². The fourth-order valence-electron chi connectivity index (χ4n) is 3.36. The van der Waals surface area contributed by atoms with Crippen LogP contribution in [0, 0.1) is 23.4 Å². The van der Waals surface area contributed by atoms with Crippen LogP contribution in [0.25, 0.3) is 5.65 Å². The van der Waals surface area contributed by atoms with Crippen molar-refractivity contribution >= 4 is 23.1 Å². The lowest BCUT2D eigenvalue weighted by molar-refractivity contribution is -0.146. The van der Waals surface area contributed by atoms with E-state index >= 15 is 0 Å². The van der Waals surface area contributed by atoms with Gasteiger partial charge in [0.2, 0.25) is 5.91 Å². The van der Waals surface area contributed by atoms with Crippen molar-refractivity contribution in [3.63, 3.8) is 0 Å². The number of nitrogens with zero attached hydrogens (tertiary/aromatic N) is 5. The molecule has 1 aromatic carbocycles. The Kier molecular flexibility index (Phi) is 5.52. The van der Waals surface area contributed by atoms with Gasteiger partial charge in [-0.05, 0) is 25.0 Å². The Morgan fingerprint density at radius 2 is 1.69 bits per heavy atom. The number of rotatable bonds is 4. The molecule has 0 radical (unpaired) electrons. The van der Waals surface area contributed by atoms with E-state index in [4.69, 9.17) is 0 Å². The Labute approximate surface area is 176 Å². The highest BCUT2D eigenvalue weighted by Gasteiger charge is 2.38. The van der Waals surface area contributed by atoms with Gasteiger partial charge in [-0.25, -0.2) is 13.2 Å². The molecule has 0 saturated carbocycles. The number of piperidine rings is 1. The second kappa shape index (κ2) is 8.16. The Balaban J connectivity index is 1.37. The molecule has 0 atom stereocenters. The van der Waals surface area contributed by atoms with Crippen LogP contribution in [-0.4, -0.2) is 38.8 Å². The standard InChI is InChI=1S/C18H15F6N7O/c19-11-7-10(8-12(20)15(11)21)25-27-16(32)9-3-5-30(6-4-9)14-2-1-13-26-28-17(18(22,23)24)31(13)29-14/h1-2,7-9,25H,3-6H2,(H,27,32). The van der Waals surface area contributed by atoms with E-state index in [1.54, 1.807) is 4.90 Å². The number of aromatic nitrogens is 4. The number of anilines is 2. The average Bonchev–Trinajstić information content (AvgIpc) is 3.19. The molecule has 1 saturated heterocycles. The van der Waals surface area contributed by atoms with Crippen LogP contribution in [0.15, 0.2) is 24.3 Å². The maximum Gasteiger partial charge on any atom is 0.453 e. The number of nitrogens with one attached hydrogen (secondary N) is 2. The zero-order chi connectivity index (χ0) is 23.0. The van der Waals surface area contributed by atoms with Gasteiger partial charge in [0, 0.05) is 31.1 Å². The minimum absolute atomic E-state index is 0.0462. The molecule has 1 amide bonds. The van der Waals surface area contributed by atoms with Crippen LogP contribution in [0.1, 0.15) is 18.7 Å². The van der Waals surface area contributed by atoms with Gasteiger partial charge in [-0.3, -0.25) is 15.6 Å². The molecule has 170 valence electrons. The van der Waals surface area contributed by atoms with Crippen LogP contribution >= 0.6 is 0 Å². The summed E-state index contributed by atoms with van der Waals surface area (Å²) in [6, 6.07) is 4.28. The SMILES string of the molecule is O=C(NNc1cc(F)c(F)c(F)c1)C1CCN(c2ccc3nnc(C(F)(F)F)n3n2)CC1. The second-order valence-corrected chi connectivity index (χ2v) is 7.11. The van der Waals surface area contributed by atoms with Gasteiger partial charge in [0.05, 0.1) is 5.69 Å². The van der Waals surface area contributed by atoms with Crippen LogP contribution in [0.5, 0.6) is 0 Å². The average molecular weight is 459 g/mol. The van der Waals surface area contributed by atoms with Crippen molar-refractivity contribution in [2.45, 2.75) is 19.0 Å². The van der Waals surface area contributed by atoms with Gasteiger partial charge in [-0.15, -0.1) is 15.3 Å². The molecule has 1 aliphatic rings. The lowest BCUT2D eigenvalue weighted by Gasteiger charge is -2.32. The Hall–Kier alpha value is -3.58. The molecule has 0 spiro atoms. The number of carbonyl (C=O) groups is 1. The van der Waals surface area contributed by atoms with E-state index in [9.17, 15) is 31.1 Å². The molecule has 0 bridgehead atoms. The summed E-state index contributed by atoms with van der Waals surface area (Å²) < 4.78 is 79.2. The summed E-state index contributed by atoms with van der Waals surface area (Å²) in [6.07, 6.45) is -4.00. The summed E-state index contributed by atoms with van der Waals surface area (Å²) in [7, 11) is 0. The Bertz CT molecular complexity index is 1130. The molecule has 14 heteroatoms. The van der Waals surface area contributed by atoms with Crippen molar-refractivity contribution in [3.05, 3.63) is 47.5 Å². The summed E-state index contributed by atoms with van der Waals surface area (Å²) in [5.41, 5.74) is 4.44. The first-order valence-corrected chi connectivity index (χ1v) is 9.38. The highest BCUT2D eigenvalue weighted by atomic mass is 19.4. The van der Waals surface area contributed by atoms with E-state index in [1.165, 1.54) is 12.1 Å². The number of fused-ring (bicyclic) bond motifs is 1. The Morgan fingerprint density at radius 1 is 1.03 bits per heavy atom. The van der Waals surface area contributed by atoms with Crippen molar-refractivity contribution in [1.29, 1.82) is 0 Å². The number of hydrogen-bond acceptors (Lipinski definition) is 6. The van der Waals surface area contributed by atoms with Gasteiger partial charge in [0.25, 0.3) is 5.82 Å². The second-order valence-electron chi connectivity index (χ2n) is 7.11. The number of alkyl halides is 3. The van der Waals surface area contributed by atoms with Crippen LogP contribution in [-0.2, 0) is 11.0 Å². The van der Waals surface area contributed by atoms with Crippen LogP contribution < -0.4 is 15.8 Å². The van der Waals surface area contributed by atoms with E-state index in [2.05, 4.69) is 26.1 Å². The van der Waals surface area contributed by atoms with Crippen molar-refractivity contribution in [1.82, 2.24) is 25.2 Å². The topological polar surface area (TPSA) is 87.5 Å². The molecule has 32 heavy (non-hydrogen) atoms. The summed E-state index contributed by atoms with van der Waals surface area (Å²) >= 11 is 0. The summed E-state index contributed by atoms with van der Waals surface area (Å²) in [5.74, 6) is -6.28. The number of hydrazine groups is 1. The first-order valence-electron chi connectivity index (χ1n) is 9.38. The van der Waals surface area contributed by atoms with Gasteiger partial charge in [0.15, 0.2) is 23.1 Å². The largest absolute Gasteiger partial charge is 0.453 e. The number of halogens is 6. The van der Waals surface area contributed by atoms with Crippen LogP contribution in [0.4, 0.5) is 37.8 Å². The number of amides is 1. The zero-order valence-electron chi connectivity index (χ0n) is 16.1. The summed E-state index contributed by atoms with van der Waals surface area (Å²) in [5, 5.41) is 10.6. The number of carbonyl (C=O) groups excluding carboxylic acids is 1. The minimum Gasteiger partial charge on any atom is -0.355 e. The van der Waals surface area contributed by atoms with Crippen molar-refractivity contribution in [3.8, 4) is 0 Å². The van der Waals surface area contributed by atoms with Gasteiger partial charge in [0.1, 0.15) is 5.82 Å². The highest BCUT2D eigenvalue weighted by molar-refractivity contribution is 5.80. The van der Waals surface area contributed by atoms with Gasteiger partial charge in [-0.1, -0.05) is 0 Å². The predicted molar refractivity (Wildman–Crippen MR) is 98.8 cm³/mol. The Morgan fingerprint density at radius 3 is 2.31 bits per heavy atom. The molecule has 1 aliphatic heterocycles. The third-order valence-corrected chi connectivity index (χ3v) is 5.01. The molecular weight excluding hydrogens is 444 g/mol. The number of benzene rings is 1. The maximum absolute atomic E-state index is 13.2. The minimum atomic E-state index is -4.71. The van der Waals surface area contributed by atoms with Crippen molar-refractivity contribution in [2.24, 2.45) is 5.92 Å². The van der Waals surface area contributed by atoms with Gasteiger partial charge < -0.3 is 4.90 Å². The molecule has 8 nitrogen and oxygen atoms in total. The van der Waals surface area contributed by atoms with Crippen molar-refractivity contribution < 1.29 is 31.1 Å². The molecular formula is C18H15F6N7O. The third kappa shape index (κ3) is 4.24. The van der Waals surface area contributed by atoms with Crippen LogP contribution in [0.2, 0.25) is 0 Å². The van der Waals surface area contributed by atoms with E-state index < -0.39 is 41.3 Å². The molecule has 2 N–H and O–H groups in total. The summed E-state index contributed by atoms with van der Waals surface area (Å²) in [4.78, 5) is 14.1. The fraction of sp³-hybridized carbons (Fsp3) is 0.333. The maximum atomic E-state index is 13.2. The third-order valence-electron chi connectivity index (χ3n) is 5.01. The first kappa shape index (κ1) is 21.6. The molecule has 2 aromatic heterocycles. The van der Waals surface area contributed by atoms with E-state index in [-0.39, 0.29) is 17.2 Å². The van der Waals surface area contributed by atoms with E-state index in [0.717, 1.165) is 0 Å². The first-order chi connectivity index (χ1) is 15.1. The molecule has 0 unspecified atom stereocenters. The van der Waals surface area contributed by atoms with E-state index in [1.807, 2.05) is 0 Å². The zero-order valence-corrected chi connectivity index (χ0v) is 16.1. The predicted octanol–water partition coefficient (Wildman–Crippen LogP) is 2.92. The number of hydrogen-bond donors (Lipinski definition) is 2. The van der Waals surface area contributed by atoms with Gasteiger partial charge in [-0.2, -0.15) is 17.7 Å². The smallest absolute Gasteiger partial charge is 0.355 e. The molecule has 1 fully saturated rings. The lowest BCUT2D eigenvalue weighted by atomic mass is 9.96. The van der Waals surface area contributed by atoms with Crippen LogP contribution in [0.3, 0.4) is 0 Å².